The molecule has 0 spiro atoms. The van der Waals surface area contributed by atoms with Gasteiger partial charge < -0.3 is 0 Å². The van der Waals surface area contributed by atoms with Crippen LogP contribution in [0.25, 0.3) is 0 Å². The third-order valence-electron chi connectivity index (χ3n) is 2.97. The van der Waals surface area contributed by atoms with Crippen LogP contribution in [-0.4, -0.2) is 24.6 Å². The topological polar surface area (TPSA) is 46.2 Å². The molecule has 1 aliphatic carbocycles. The first-order valence-corrected chi connectivity index (χ1v) is 7.34. The maximum Gasteiger partial charge on any atom is 0.217 e. The summed E-state index contributed by atoms with van der Waals surface area (Å²) < 4.78 is 26.0. The van der Waals surface area contributed by atoms with Crippen molar-refractivity contribution in [3.8, 4) is 0 Å². The largest absolute Gasteiger partial charge is 0.217 e. The molecule has 1 N–H and O–H groups in total. The highest BCUT2D eigenvalue weighted by Gasteiger charge is 2.40. The summed E-state index contributed by atoms with van der Waals surface area (Å²) >= 11 is 5.89. The summed E-state index contributed by atoms with van der Waals surface area (Å²) in [7, 11) is -3.29. The molecule has 0 aliphatic heterocycles. The molecule has 0 radical (unpaired) electrons. The summed E-state index contributed by atoms with van der Waals surface area (Å²) in [5.74, 6) is 0.363. The Bertz CT molecular complexity index is 313. The van der Waals surface area contributed by atoms with Gasteiger partial charge in [-0.15, -0.1) is 11.6 Å². The highest BCUT2D eigenvalue weighted by atomic mass is 35.5. The zero-order valence-corrected chi connectivity index (χ0v) is 11.2. The Kier molecular flexibility index (Phi) is 3.74. The molecule has 5 heteroatoms. The van der Waals surface area contributed by atoms with Crippen LogP contribution in [0.2, 0.25) is 0 Å². The highest BCUT2D eigenvalue weighted by Crippen LogP contribution is 2.32. The van der Waals surface area contributed by atoms with Crippen LogP contribution in [0.15, 0.2) is 0 Å². The molecular weight excluding hydrogens is 234 g/mol. The van der Waals surface area contributed by atoms with Crippen molar-refractivity contribution in [3.05, 3.63) is 0 Å². The normalized spacial score (nSPS) is 21.9. The molecule has 0 amide bonds. The molecule has 0 aromatic heterocycles. The van der Waals surface area contributed by atoms with Gasteiger partial charge in [-0.25, -0.2) is 13.1 Å². The second kappa shape index (κ2) is 4.22. The van der Waals surface area contributed by atoms with Crippen molar-refractivity contribution in [2.75, 3.05) is 5.88 Å². The van der Waals surface area contributed by atoms with E-state index in [0.29, 0.717) is 5.88 Å². The fraction of sp³-hybridized carbons (Fsp3) is 1.00. The molecule has 1 aliphatic rings. The van der Waals surface area contributed by atoms with Crippen LogP contribution in [-0.2, 0) is 10.0 Å². The Morgan fingerprint density at radius 2 is 1.73 bits per heavy atom. The van der Waals surface area contributed by atoms with Crippen LogP contribution in [0.3, 0.4) is 0 Å². The van der Waals surface area contributed by atoms with E-state index in [9.17, 15) is 8.42 Å². The Morgan fingerprint density at radius 1 is 1.27 bits per heavy atom. The van der Waals surface area contributed by atoms with Gasteiger partial charge in [-0.1, -0.05) is 12.8 Å². The van der Waals surface area contributed by atoms with Gasteiger partial charge in [0.1, 0.15) is 0 Å². The smallest absolute Gasteiger partial charge is 0.212 e. The SMILES string of the molecule is CC(C)(C)S(=O)(=O)NC1(CCl)CCCC1. The Hall–Kier alpha value is 0.200. The molecule has 3 nitrogen and oxygen atoms in total. The van der Waals surface area contributed by atoms with Crippen LogP contribution < -0.4 is 4.72 Å². The van der Waals surface area contributed by atoms with Gasteiger partial charge in [-0.3, -0.25) is 0 Å². The third kappa shape index (κ3) is 2.86. The first-order chi connectivity index (χ1) is 6.72. The minimum absolute atomic E-state index is 0.363. The standard InChI is InChI=1S/C10H20ClNO2S/c1-9(2,3)15(13,14)12-10(8-11)6-4-5-7-10/h12H,4-8H2,1-3H3. The van der Waals surface area contributed by atoms with E-state index in [4.69, 9.17) is 11.6 Å². The lowest BCUT2D eigenvalue weighted by atomic mass is 10.0. The maximum atomic E-state index is 12.0. The second-order valence-corrected chi connectivity index (χ2v) is 8.04. The Balaban J connectivity index is 2.84. The fourth-order valence-corrected chi connectivity index (χ4v) is 3.32. The molecule has 1 rings (SSSR count). The van der Waals surface area contributed by atoms with Gasteiger partial charge in [-0.2, -0.15) is 0 Å². The average molecular weight is 254 g/mol. The van der Waals surface area contributed by atoms with Gasteiger partial charge in [0.05, 0.1) is 4.75 Å². The summed E-state index contributed by atoms with van der Waals surface area (Å²) in [6.45, 7) is 5.10. The first kappa shape index (κ1) is 13.3. The van der Waals surface area contributed by atoms with Crippen molar-refractivity contribution in [1.82, 2.24) is 4.72 Å². The predicted molar refractivity (Wildman–Crippen MR) is 63.7 cm³/mol. The Labute approximate surface area is 97.6 Å². The van der Waals surface area contributed by atoms with Gasteiger partial charge in [0.2, 0.25) is 10.0 Å². The molecule has 90 valence electrons. The minimum atomic E-state index is -3.29. The number of rotatable bonds is 3. The van der Waals surface area contributed by atoms with Crippen LogP contribution in [0, 0.1) is 0 Å². The molecule has 0 saturated heterocycles. The molecule has 0 aromatic carbocycles. The molecule has 0 atom stereocenters. The van der Waals surface area contributed by atoms with Gasteiger partial charge >= 0.3 is 0 Å². The first-order valence-electron chi connectivity index (χ1n) is 5.32. The van der Waals surface area contributed by atoms with Crippen molar-refractivity contribution >= 4 is 21.6 Å². The lowest BCUT2D eigenvalue weighted by Crippen LogP contribution is -2.53. The third-order valence-corrected chi connectivity index (χ3v) is 5.80. The van der Waals surface area contributed by atoms with Crippen LogP contribution >= 0.6 is 11.6 Å². The van der Waals surface area contributed by atoms with Crippen LogP contribution in [0.4, 0.5) is 0 Å². The number of nitrogens with one attached hydrogen (secondary N) is 1. The van der Waals surface area contributed by atoms with E-state index in [1.54, 1.807) is 20.8 Å². The number of sulfonamides is 1. The van der Waals surface area contributed by atoms with Gasteiger partial charge in [0, 0.05) is 11.4 Å². The molecule has 1 fully saturated rings. The van der Waals surface area contributed by atoms with Crippen molar-refractivity contribution < 1.29 is 8.42 Å². The summed E-state index contributed by atoms with van der Waals surface area (Å²) in [5.41, 5.74) is -0.395. The maximum absolute atomic E-state index is 12.0. The Morgan fingerprint density at radius 3 is 2.07 bits per heavy atom. The molecule has 0 heterocycles. The van der Waals surface area contributed by atoms with Crippen LogP contribution in [0.5, 0.6) is 0 Å². The predicted octanol–water partition coefficient (Wildman–Crippen LogP) is 2.26. The van der Waals surface area contributed by atoms with E-state index in [2.05, 4.69) is 4.72 Å². The second-order valence-electron chi connectivity index (χ2n) is 5.34. The number of halogens is 1. The lowest BCUT2D eigenvalue weighted by Gasteiger charge is -2.31. The van der Waals surface area contributed by atoms with Crippen molar-refractivity contribution in [2.24, 2.45) is 0 Å². The van der Waals surface area contributed by atoms with Crippen molar-refractivity contribution in [1.29, 1.82) is 0 Å². The molecule has 0 unspecified atom stereocenters. The van der Waals surface area contributed by atoms with Gasteiger partial charge in [0.15, 0.2) is 0 Å². The van der Waals surface area contributed by atoms with Gasteiger partial charge in [0.25, 0.3) is 0 Å². The summed E-state index contributed by atoms with van der Waals surface area (Å²) in [4.78, 5) is 0. The average Bonchev–Trinajstić information content (AvgIpc) is 2.51. The number of hydrogen-bond acceptors (Lipinski definition) is 2. The van der Waals surface area contributed by atoms with Gasteiger partial charge in [-0.05, 0) is 33.6 Å². The monoisotopic (exact) mass is 253 g/mol. The van der Waals surface area contributed by atoms with E-state index in [0.717, 1.165) is 25.7 Å². The molecule has 0 aromatic rings. The molecule has 0 bridgehead atoms. The van der Waals surface area contributed by atoms with E-state index in [1.807, 2.05) is 0 Å². The summed E-state index contributed by atoms with van der Waals surface area (Å²) in [6, 6.07) is 0. The number of alkyl halides is 1. The van der Waals surface area contributed by atoms with E-state index in [1.165, 1.54) is 0 Å². The minimum Gasteiger partial charge on any atom is -0.212 e. The van der Waals surface area contributed by atoms with E-state index >= 15 is 0 Å². The zero-order valence-electron chi connectivity index (χ0n) is 9.64. The van der Waals surface area contributed by atoms with Crippen molar-refractivity contribution in [3.63, 3.8) is 0 Å². The summed E-state index contributed by atoms with van der Waals surface area (Å²) in [5, 5.41) is 0. The van der Waals surface area contributed by atoms with Crippen LogP contribution in [0.1, 0.15) is 46.5 Å². The zero-order chi connectivity index (χ0) is 11.7. The van der Waals surface area contributed by atoms with E-state index < -0.39 is 20.3 Å². The van der Waals surface area contributed by atoms with E-state index in [-0.39, 0.29) is 0 Å². The van der Waals surface area contributed by atoms with Crippen molar-refractivity contribution in [2.45, 2.75) is 56.7 Å². The molecular formula is C10H20ClNO2S. The highest BCUT2D eigenvalue weighted by molar-refractivity contribution is 7.90. The lowest BCUT2D eigenvalue weighted by molar-refractivity contribution is 0.423. The molecule has 1 saturated carbocycles. The number of hydrogen-bond donors (Lipinski definition) is 1. The molecule has 15 heavy (non-hydrogen) atoms. The summed E-state index contributed by atoms with van der Waals surface area (Å²) in [6.07, 6.45) is 3.82. The fourth-order valence-electron chi connectivity index (χ4n) is 1.75. The quantitative estimate of drug-likeness (QED) is 0.785.